The molecule has 3 rings (SSSR count). The third kappa shape index (κ3) is 3.05. The lowest BCUT2D eigenvalue weighted by molar-refractivity contribution is 0.158. The molecule has 0 radical (unpaired) electrons. The maximum atomic E-state index is 14.0. The zero-order chi connectivity index (χ0) is 17.3. The van der Waals surface area contributed by atoms with Crippen molar-refractivity contribution in [3.63, 3.8) is 0 Å². The summed E-state index contributed by atoms with van der Waals surface area (Å²) in [6, 6.07) is 7.54. The van der Waals surface area contributed by atoms with Crippen molar-refractivity contribution < 1.29 is 22.7 Å². The number of hydrogen-bond acceptors (Lipinski definition) is 2. The Bertz CT molecular complexity index is 904. The fourth-order valence-corrected chi connectivity index (χ4v) is 2.65. The molecule has 0 atom stereocenters. The minimum Gasteiger partial charge on any atom is -0.449 e. The molecule has 1 aromatic heterocycles. The van der Waals surface area contributed by atoms with E-state index in [9.17, 15) is 18.0 Å². The van der Waals surface area contributed by atoms with Gasteiger partial charge in [-0.15, -0.1) is 0 Å². The fraction of sp³-hybridized carbons (Fsp3) is 0.118. The van der Waals surface area contributed by atoms with E-state index in [0.717, 1.165) is 6.07 Å². The Morgan fingerprint density at radius 3 is 2.46 bits per heavy atom. The highest BCUT2D eigenvalue weighted by Gasteiger charge is 2.17. The average molecular weight is 334 g/mol. The van der Waals surface area contributed by atoms with E-state index < -0.39 is 23.5 Å². The Labute approximate surface area is 135 Å². The van der Waals surface area contributed by atoms with E-state index in [2.05, 4.69) is 4.98 Å². The quantitative estimate of drug-likeness (QED) is 0.760. The van der Waals surface area contributed by atoms with Crippen molar-refractivity contribution in [1.82, 2.24) is 4.98 Å². The van der Waals surface area contributed by atoms with Crippen molar-refractivity contribution in [1.29, 1.82) is 0 Å². The number of halogens is 3. The van der Waals surface area contributed by atoms with Crippen molar-refractivity contribution in [2.45, 2.75) is 6.42 Å². The summed E-state index contributed by atoms with van der Waals surface area (Å²) >= 11 is 0. The topological polar surface area (TPSA) is 68.1 Å². The number of nitrogens with one attached hydrogen (secondary N) is 1. The third-order valence-corrected chi connectivity index (χ3v) is 3.66. The number of hydrogen-bond donors (Lipinski definition) is 2. The van der Waals surface area contributed by atoms with Gasteiger partial charge in [-0.1, -0.05) is 0 Å². The second-order valence-electron chi connectivity index (χ2n) is 5.21. The monoisotopic (exact) mass is 334 g/mol. The first-order valence-corrected chi connectivity index (χ1v) is 7.13. The van der Waals surface area contributed by atoms with E-state index in [0.29, 0.717) is 22.2 Å². The van der Waals surface area contributed by atoms with Crippen LogP contribution in [0.25, 0.3) is 22.2 Å². The van der Waals surface area contributed by atoms with Gasteiger partial charge >= 0.3 is 6.09 Å². The second-order valence-corrected chi connectivity index (χ2v) is 5.21. The fourth-order valence-electron chi connectivity index (χ4n) is 2.65. The Hall–Kier alpha value is -2.96. The molecular formula is C17H13F3N2O2. The highest BCUT2D eigenvalue weighted by Crippen LogP contribution is 2.32. The van der Waals surface area contributed by atoms with Gasteiger partial charge in [0.05, 0.1) is 12.1 Å². The predicted molar refractivity (Wildman–Crippen MR) is 82.8 cm³/mol. The molecule has 2 aromatic carbocycles. The first kappa shape index (κ1) is 15.9. The Kier molecular flexibility index (Phi) is 4.16. The number of fused-ring (bicyclic) bond motifs is 1. The number of carbonyl (C=O) groups excluding carboxylic acids is 1. The molecule has 3 N–H and O–H groups in total. The Morgan fingerprint density at radius 1 is 1.08 bits per heavy atom. The van der Waals surface area contributed by atoms with Crippen molar-refractivity contribution in [3.05, 3.63) is 59.4 Å². The van der Waals surface area contributed by atoms with Crippen LogP contribution in [-0.4, -0.2) is 17.7 Å². The van der Waals surface area contributed by atoms with Gasteiger partial charge in [0.2, 0.25) is 0 Å². The van der Waals surface area contributed by atoms with Crippen LogP contribution in [0.15, 0.2) is 36.4 Å². The normalized spacial score (nSPS) is 11.0. The van der Waals surface area contributed by atoms with Gasteiger partial charge in [0.15, 0.2) is 0 Å². The lowest BCUT2D eigenvalue weighted by atomic mass is 10.0. The predicted octanol–water partition coefficient (Wildman–Crippen LogP) is 3.89. The summed E-state index contributed by atoms with van der Waals surface area (Å²) in [6.07, 6.45) is -0.742. The molecule has 0 aliphatic carbocycles. The largest absolute Gasteiger partial charge is 0.449 e. The Balaban J connectivity index is 2.13. The molecule has 0 saturated heterocycles. The van der Waals surface area contributed by atoms with E-state index >= 15 is 0 Å². The van der Waals surface area contributed by atoms with Gasteiger partial charge in [0.1, 0.15) is 17.5 Å². The molecular weight excluding hydrogens is 321 g/mol. The number of carbonyl (C=O) groups is 1. The molecule has 1 heterocycles. The van der Waals surface area contributed by atoms with Crippen LogP contribution >= 0.6 is 0 Å². The molecule has 4 nitrogen and oxygen atoms in total. The molecule has 1 amide bonds. The van der Waals surface area contributed by atoms with Crippen LogP contribution < -0.4 is 5.73 Å². The van der Waals surface area contributed by atoms with Gasteiger partial charge in [0.25, 0.3) is 0 Å². The minimum atomic E-state index is -0.935. The molecule has 124 valence electrons. The smallest absolute Gasteiger partial charge is 0.404 e. The van der Waals surface area contributed by atoms with E-state index in [1.54, 1.807) is 0 Å². The molecule has 0 unspecified atom stereocenters. The molecule has 24 heavy (non-hydrogen) atoms. The number of aromatic nitrogens is 1. The number of benzene rings is 2. The summed E-state index contributed by atoms with van der Waals surface area (Å²) in [5.41, 5.74) is 6.71. The zero-order valence-corrected chi connectivity index (χ0v) is 12.4. The van der Waals surface area contributed by atoms with E-state index in [-0.39, 0.29) is 18.5 Å². The standard InChI is InChI=1S/C17H13F3N2O2/c18-10-3-1-9(2-4-10)15-12(5-6-24-17(21)23)13-7-11(19)8-14(20)16(13)22-15/h1-4,7-8,22H,5-6H2,(H2,21,23). The summed E-state index contributed by atoms with van der Waals surface area (Å²) in [4.78, 5) is 13.6. The molecule has 0 aliphatic heterocycles. The van der Waals surface area contributed by atoms with Gasteiger partial charge < -0.3 is 15.5 Å². The van der Waals surface area contributed by atoms with Crippen molar-refractivity contribution >= 4 is 17.0 Å². The van der Waals surface area contributed by atoms with Crippen LogP contribution in [-0.2, 0) is 11.2 Å². The zero-order valence-electron chi connectivity index (χ0n) is 12.4. The lowest BCUT2D eigenvalue weighted by Gasteiger charge is -2.06. The summed E-state index contributed by atoms with van der Waals surface area (Å²) in [5, 5.41) is 0.333. The van der Waals surface area contributed by atoms with Gasteiger partial charge in [-0.3, -0.25) is 0 Å². The lowest BCUT2D eigenvalue weighted by Crippen LogP contribution is -2.14. The maximum Gasteiger partial charge on any atom is 0.404 e. The molecule has 7 heteroatoms. The summed E-state index contributed by atoms with van der Waals surface area (Å²) < 4.78 is 45.5. The number of H-pyrrole nitrogens is 1. The Morgan fingerprint density at radius 2 is 1.79 bits per heavy atom. The van der Waals surface area contributed by atoms with Gasteiger partial charge in [-0.05, 0) is 41.5 Å². The average Bonchev–Trinajstić information content (AvgIpc) is 2.87. The van der Waals surface area contributed by atoms with Crippen LogP contribution in [0.1, 0.15) is 5.56 Å². The number of primary amides is 1. The van der Waals surface area contributed by atoms with Crippen LogP contribution in [0.2, 0.25) is 0 Å². The molecule has 0 bridgehead atoms. The van der Waals surface area contributed by atoms with Crippen molar-refractivity contribution in [3.8, 4) is 11.3 Å². The summed E-state index contributed by atoms with van der Waals surface area (Å²) in [7, 11) is 0. The number of nitrogens with two attached hydrogens (primary N) is 1. The van der Waals surface area contributed by atoms with Crippen LogP contribution in [0.3, 0.4) is 0 Å². The molecule has 3 aromatic rings. The highest BCUT2D eigenvalue weighted by molar-refractivity contribution is 5.91. The number of rotatable bonds is 4. The number of amides is 1. The second kappa shape index (κ2) is 6.27. The summed E-state index contributed by atoms with van der Waals surface area (Å²) in [5.74, 6) is -1.87. The maximum absolute atomic E-state index is 14.0. The summed E-state index contributed by atoms with van der Waals surface area (Å²) in [6.45, 7) is -0.0470. The first-order valence-electron chi connectivity index (χ1n) is 7.13. The van der Waals surface area contributed by atoms with E-state index in [4.69, 9.17) is 10.5 Å². The van der Waals surface area contributed by atoms with E-state index in [1.807, 2.05) is 0 Å². The first-order chi connectivity index (χ1) is 11.5. The van der Waals surface area contributed by atoms with Crippen LogP contribution in [0, 0.1) is 17.5 Å². The number of aromatic amines is 1. The van der Waals surface area contributed by atoms with Gasteiger partial charge in [-0.25, -0.2) is 18.0 Å². The van der Waals surface area contributed by atoms with Crippen LogP contribution in [0.4, 0.5) is 18.0 Å². The number of ether oxygens (including phenoxy) is 1. The van der Waals surface area contributed by atoms with Crippen molar-refractivity contribution in [2.24, 2.45) is 5.73 Å². The van der Waals surface area contributed by atoms with Gasteiger partial charge in [0, 0.05) is 23.6 Å². The molecule has 0 spiro atoms. The van der Waals surface area contributed by atoms with Crippen LogP contribution in [0.5, 0.6) is 0 Å². The molecule has 0 fully saturated rings. The minimum absolute atomic E-state index is 0.0470. The van der Waals surface area contributed by atoms with Gasteiger partial charge in [-0.2, -0.15) is 0 Å². The molecule has 0 aliphatic rings. The molecule has 0 saturated carbocycles. The SMILES string of the molecule is NC(=O)OCCc1c(-c2ccc(F)cc2)[nH]c2c(F)cc(F)cc12. The highest BCUT2D eigenvalue weighted by atomic mass is 19.1. The van der Waals surface area contributed by atoms with E-state index in [1.165, 1.54) is 30.3 Å². The third-order valence-electron chi connectivity index (χ3n) is 3.66. The van der Waals surface area contributed by atoms with Crippen molar-refractivity contribution in [2.75, 3.05) is 6.61 Å².